The van der Waals surface area contributed by atoms with Crippen molar-refractivity contribution in [3.05, 3.63) is 35.6 Å². The first kappa shape index (κ1) is 16.0. The highest BCUT2D eigenvalue weighted by atomic mass is 16.5. The fourth-order valence-corrected chi connectivity index (χ4v) is 2.80. The molecule has 1 atom stereocenters. The zero-order chi connectivity index (χ0) is 14.4. The largest absolute Gasteiger partial charge is 0.391 e. The van der Waals surface area contributed by atoms with E-state index in [2.05, 4.69) is 45.7 Å². The van der Waals surface area contributed by atoms with Crippen LogP contribution in [0.1, 0.15) is 34.1 Å². The van der Waals surface area contributed by atoms with Gasteiger partial charge in [-0.3, -0.25) is 0 Å². The van der Waals surface area contributed by atoms with E-state index in [-0.39, 0.29) is 0 Å². The van der Waals surface area contributed by atoms with Crippen molar-refractivity contribution in [1.29, 1.82) is 0 Å². The zero-order valence-corrected chi connectivity index (χ0v) is 13.1. The molecule has 1 fully saturated rings. The van der Waals surface area contributed by atoms with Crippen molar-refractivity contribution in [2.45, 2.75) is 34.1 Å². The zero-order valence-electron chi connectivity index (χ0n) is 13.1. The lowest BCUT2D eigenvalue weighted by Gasteiger charge is -2.27. The van der Waals surface area contributed by atoms with Gasteiger partial charge in [-0.15, -0.1) is 0 Å². The fraction of sp³-hybridized carbons (Fsp3) is 0.647. The van der Waals surface area contributed by atoms with E-state index in [1.165, 1.54) is 16.8 Å². The molecule has 0 aliphatic carbocycles. The van der Waals surface area contributed by atoms with Gasteiger partial charge in [-0.2, -0.15) is 0 Å². The van der Waals surface area contributed by atoms with Crippen molar-refractivity contribution in [3.63, 3.8) is 0 Å². The third-order valence-corrected chi connectivity index (χ3v) is 3.79. The molecule has 0 saturated carbocycles. The van der Waals surface area contributed by atoms with E-state index in [1.54, 1.807) is 0 Å². The van der Waals surface area contributed by atoms with Gasteiger partial charge in [0.15, 0.2) is 0 Å². The summed E-state index contributed by atoms with van der Waals surface area (Å²) in [6.45, 7) is 14.5. The molecule has 1 N–H and O–H groups in total. The van der Waals surface area contributed by atoms with E-state index < -0.39 is 0 Å². The fourth-order valence-electron chi connectivity index (χ4n) is 2.80. The van der Waals surface area contributed by atoms with Gasteiger partial charge in [0.1, 0.15) is 0 Å². The van der Waals surface area contributed by atoms with Gasteiger partial charge < -0.3 is 10.1 Å². The van der Waals surface area contributed by atoms with Gasteiger partial charge in [-0.25, -0.2) is 0 Å². The molecular formula is C17H29NO. The Morgan fingerprint density at radius 2 is 2.05 bits per heavy atom. The molecule has 0 amide bonds. The van der Waals surface area contributed by atoms with Crippen LogP contribution < -0.4 is 5.32 Å². The Kier molecular flexibility index (Phi) is 6.36. The molecule has 0 aromatic rings. The lowest BCUT2D eigenvalue weighted by molar-refractivity contribution is 0.108. The van der Waals surface area contributed by atoms with Crippen LogP contribution in [0.4, 0.5) is 0 Å². The van der Waals surface area contributed by atoms with Gasteiger partial charge >= 0.3 is 0 Å². The Labute approximate surface area is 118 Å². The second kappa shape index (κ2) is 7.54. The summed E-state index contributed by atoms with van der Waals surface area (Å²) in [7, 11) is 2.02. The Morgan fingerprint density at radius 1 is 1.37 bits per heavy atom. The normalized spacial score (nSPS) is 25.6. The number of allylic oxidation sites excluding steroid dienone is 3. The molecule has 0 radical (unpaired) electrons. The molecule has 0 spiro atoms. The highest BCUT2D eigenvalue weighted by Gasteiger charge is 2.27. The van der Waals surface area contributed by atoms with Crippen molar-refractivity contribution >= 4 is 0 Å². The third kappa shape index (κ3) is 3.97. The summed E-state index contributed by atoms with van der Waals surface area (Å²) in [6, 6.07) is 0. The molecule has 1 aliphatic heterocycles. The second-order valence-electron chi connectivity index (χ2n) is 5.84. The monoisotopic (exact) mass is 263 g/mol. The Hall–Kier alpha value is -1.02. The Bertz CT molecular complexity index is 363. The van der Waals surface area contributed by atoms with Crippen LogP contribution >= 0.6 is 0 Å². The minimum atomic E-state index is 0.457. The molecular weight excluding hydrogens is 234 g/mol. The highest BCUT2D eigenvalue weighted by Crippen LogP contribution is 2.35. The van der Waals surface area contributed by atoms with Gasteiger partial charge in [0.25, 0.3) is 0 Å². The standard InChI is InChI=1S/C17H29NO/c1-7-8-14-9-10-19-11-15(12(2)3)16(14)17(18-6)13(4)5/h7-8,12-13,15,18H,1,9-11H2,2-6H3/b14-8-,17-16+. The predicted octanol–water partition coefficient (Wildman–Crippen LogP) is 3.92. The summed E-state index contributed by atoms with van der Waals surface area (Å²) in [5, 5.41) is 3.42. The molecule has 1 unspecified atom stereocenters. The van der Waals surface area contributed by atoms with Crippen molar-refractivity contribution in [2.24, 2.45) is 17.8 Å². The summed E-state index contributed by atoms with van der Waals surface area (Å²) in [4.78, 5) is 0. The van der Waals surface area contributed by atoms with Crippen LogP contribution in [0, 0.1) is 17.8 Å². The summed E-state index contributed by atoms with van der Waals surface area (Å²) < 4.78 is 5.81. The van der Waals surface area contributed by atoms with Crippen molar-refractivity contribution in [3.8, 4) is 0 Å². The summed E-state index contributed by atoms with van der Waals surface area (Å²) in [6.07, 6.45) is 5.02. The van der Waals surface area contributed by atoms with Crippen LogP contribution in [0.5, 0.6) is 0 Å². The van der Waals surface area contributed by atoms with Crippen LogP contribution in [0.15, 0.2) is 35.6 Å². The lowest BCUT2D eigenvalue weighted by atomic mass is 9.81. The minimum Gasteiger partial charge on any atom is -0.391 e. The Balaban J connectivity index is 3.38. The summed E-state index contributed by atoms with van der Waals surface area (Å²) >= 11 is 0. The first-order valence-corrected chi connectivity index (χ1v) is 7.34. The van der Waals surface area contributed by atoms with Crippen molar-refractivity contribution < 1.29 is 4.74 Å². The maximum atomic E-state index is 5.81. The molecule has 1 rings (SSSR count). The van der Waals surface area contributed by atoms with Crippen LogP contribution in [0.3, 0.4) is 0 Å². The first-order valence-electron chi connectivity index (χ1n) is 7.34. The minimum absolute atomic E-state index is 0.457. The molecule has 1 aliphatic rings. The quantitative estimate of drug-likeness (QED) is 0.830. The summed E-state index contributed by atoms with van der Waals surface area (Å²) in [5.41, 5.74) is 4.17. The van der Waals surface area contributed by atoms with Crippen LogP contribution in [-0.4, -0.2) is 20.3 Å². The Morgan fingerprint density at radius 3 is 2.53 bits per heavy atom. The van der Waals surface area contributed by atoms with Gasteiger partial charge in [0.2, 0.25) is 0 Å². The summed E-state index contributed by atoms with van der Waals surface area (Å²) in [5.74, 6) is 1.52. The van der Waals surface area contributed by atoms with Gasteiger partial charge in [-0.05, 0) is 29.4 Å². The van der Waals surface area contributed by atoms with E-state index in [0.717, 1.165) is 19.6 Å². The van der Waals surface area contributed by atoms with E-state index in [0.29, 0.717) is 17.8 Å². The van der Waals surface area contributed by atoms with Gasteiger partial charge in [0, 0.05) is 18.7 Å². The molecule has 108 valence electrons. The lowest BCUT2D eigenvalue weighted by Crippen LogP contribution is -2.24. The molecule has 1 heterocycles. The van der Waals surface area contributed by atoms with E-state index >= 15 is 0 Å². The SMILES string of the molecule is C=C/C=C1/CCOCC(C(C)C)/C1=C(/NC)C(C)C. The topological polar surface area (TPSA) is 21.3 Å². The van der Waals surface area contributed by atoms with Crippen LogP contribution in [-0.2, 0) is 4.74 Å². The van der Waals surface area contributed by atoms with Gasteiger partial charge in [0.05, 0.1) is 13.2 Å². The average Bonchev–Trinajstić information content (AvgIpc) is 2.54. The number of rotatable bonds is 4. The molecule has 0 aromatic carbocycles. The van der Waals surface area contributed by atoms with E-state index in [1.807, 2.05) is 13.1 Å². The molecule has 2 heteroatoms. The molecule has 0 bridgehead atoms. The smallest absolute Gasteiger partial charge is 0.0538 e. The van der Waals surface area contributed by atoms with E-state index in [9.17, 15) is 0 Å². The van der Waals surface area contributed by atoms with Crippen LogP contribution in [0.2, 0.25) is 0 Å². The third-order valence-electron chi connectivity index (χ3n) is 3.79. The average molecular weight is 263 g/mol. The number of hydrogen-bond donors (Lipinski definition) is 1. The highest BCUT2D eigenvalue weighted by molar-refractivity contribution is 5.40. The van der Waals surface area contributed by atoms with Crippen LogP contribution in [0.25, 0.3) is 0 Å². The molecule has 1 saturated heterocycles. The van der Waals surface area contributed by atoms with Gasteiger partial charge in [-0.1, -0.05) is 46.4 Å². The van der Waals surface area contributed by atoms with Crippen molar-refractivity contribution in [1.82, 2.24) is 5.32 Å². The molecule has 0 aromatic heterocycles. The second-order valence-corrected chi connectivity index (χ2v) is 5.84. The maximum absolute atomic E-state index is 5.81. The number of hydrogen-bond acceptors (Lipinski definition) is 2. The first-order chi connectivity index (χ1) is 9.02. The number of nitrogens with one attached hydrogen (secondary N) is 1. The number of ether oxygens (including phenoxy) is 1. The maximum Gasteiger partial charge on any atom is 0.0538 e. The molecule has 2 nitrogen and oxygen atoms in total. The van der Waals surface area contributed by atoms with E-state index in [4.69, 9.17) is 4.74 Å². The molecule has 19 heavy (non-hydrogen) atoms. The predicted molar refractivity (Wildman–Crippen MR) is 83.0 cm³/mol. The van der Waals surface area contributed by atoms with Crippen molar-refractivity contribution in [2.75, 3.05) is 20.3 Å².